The number of likely N-dealkylation sites (N-methyl/N-ethyl adjacent to an activating group) is 1. The van der Waals surface area contributed by atoms with Crippen LogP contribution in [0, 0.1) is 6.92 Å². The molecule has 0 bridgehead atoms. The number of aryl methyl sites for hydroxylation is 1. The van der Waals surface area contributed by atoms with Gasteiger partial charge in [-0.2, -0.15) is 9.30 Å². The minimum atomic E-state index is -3.69. The van der Waals surface area contributed by atoms with Crippen molar-refractivity contribution in [2.45, 2.75) is 37.3 Å². The van der Waals surface area contributed by atoms with Crippen molar-refractivity contribution in [3.63, 3.8) is 0 Å². The topological polar surface area (TPSA) is 90.2 Å². The lowest BCUT2D eigenvalue weighted by atomic mass is 10.2. The van der Waals surface area contributed by atoms with Crippen molar-refractivity contribution in [3.05, 3.63) is 57.3 Å². The normalized spacial score (nSPS) is 17.1. The number of benzene rings is 2. The average Bonchev–Trinajstić information content (AvgIpc) is 3.45. The van der Waals surface area contributed by atoms with Gasteiger partial charge < -0.3 is 14.0 Å². The molecule has 1 saturated heterocycles. The fourth-order valence-corrected chi connectivity index (χ4v) is 6.84. The summed E-state index contributed by atoms with van der Waals surface area (Å²) in [5.74, 6) is -0.455. The van der Waals surface area contributed by atoms with Gasteiger partial charge in [0.25, 0.3) is 5.91 Å². The van der Waals surface area contributed by atoms with E-state index < -0.39 is 15.9 Å². The molecule has 0 aliphatic carbocycles. The van der Waals surface area contributed by atoms with E-state index in [0.29, 0.717) is 41.7 Å². The Morgan fingerprint density at radius 1 is 1.31 bits per heavy atom. The number of thiazole rings is 1. The molecule has 1 amide bonds. The fourth-order valence-electron chi connectivity index (χ4n) is 4.12. The Balaban J connectivity index is 1.61. The number of sulfonamides is 1. The second-order valence-electron chi connectivity index (χ2n) is 8.46. The monoisotopic (exact) mass is 537 g/mol. The van der Waals surface area contributed by atoms with Crippen molar-refractivity contribution in [2.75, 3.05) is 33.9 Å². The van der Waals surface area contributed by atoms with Crippen LogP contribution in [0.2, 0.25) is 5.02 Å². The predicted molar refractivity (Wildman–Crippen MR) is 137 cm³/mol. The van der Waals surface area contributed by atoms with Gasteiger partial charge in [-0.25, -0.2) is 8.42 Å². The molecule has 188 valence electrons. The molecule has 0 spiro atoms. The first-order chi connectivity index (χ1) is 16.7. The number of ether oxygens (including phenoxy) is 2. The molecule has 11 heteroatoms. The smallest absolute Gasteiger partial charge is 0.279 e. The lowest BCUT2D eigenvalue weighted by Crippen LogP contribution is -2.34. The van der Waals surface area contributed by atoms with Gasteiger partial charge in [-0.1, -0.05) is 22.9 Å². The van der Waals surface area contributed by atoms with Gasteiger partial charge >= 0.3 is 0 Å². The Bertz CT molecular complexity index is 1390. The van der Waals surface area contributed by atoms with Gasteiger partial charge in [0.2, 0.25) is 10.0 Å². The van der Waals surface area contributed by atoms with Crippen LogP contribution >= 0.6 is 22.9 Å². The zero-order chi connectivity index (χ0) is 25.2. The number of hydrogen-bond acceptors (Lipinski definition) is 6. The highest BCUT2D eigenvalue weighted by atomic mass is 35.5. The van der Waals surface area contributed by atoms with E-state index in [1.165, 1.54) is 39.9 Å². The van der Waals surface area contributed by atoms with E-state index in [2.05, 4.69) is 4.99 Å². The van der Waals surface area contributed by atoms with Gasteiger partial charge in [0, 0.05) is 44.4 Å². The van der Waals surface area contributed by atoms with Gasteiger partial charge in [-0.15, -0.1) is 0 Å². The van der Waals surface area contributed by atoms with E-state index in [0.717, 1.165) is 28.6 Å². The van der Waals surface area contributed by atoms with Gasteiger partial charge in [0.15, 0.2) is 4.80 Å². The number of nitrogens with zero attached hydrogens (tertiary/aromatic N) is 3. The maximum absolute atomic E-state index is 13.0. The summed E-state index contributed by atoms with van der Waals surface area (Å²) in [5.41, 5.74) is 2.24. The summed E-state index contributed by atoms with van der Waals surface area (Å²) in [5, 5.41) is 0.620. The predicted octanol–water partition coefficient (Wildman–Crippen LogP) is 3.85. The molecule has 1 aliphatic rings. The van der Waals surface area contributed by atoms with Gasteiger partial charge in [-0.05, 0) is 61.7 Å². The molecule has 1 unspecified atom stereocenters. The molecule has 35 heavy (non-hydrogen) atoms. The average molecular weight is 538 g/mol. The van der Waals surface area contributed by atoms with Crippen LogP contribution in [0.25, 0.3) is 10.2 Å². The van der Waals surface area contributed by atoms with Crippen LogP contribution in [0.15, 0.2) is 46.3 Å². The molecule has 0 saturated carbocycles. The number of carbonyl (C=O) groups is 1. The first-order valence-electron chi connectivity index (χ1n) is 11.3. The second kappa shape index (κ2) is 10.9. The van der Waals surface area contributed by atoms with E-state index in [-0.39, 0.29) is 11.0 Å². The second-order valence-corrected chi connectivity index (χ2v) is 12.0. The van der Waals surface area contributed by atoms with E-state index in [4.69, 9.17) is 21.1 Å². The first-order valence-corrected chi connectivity index (χ1v) is 13.9. The Morgan fingerprint density at radius 2 is 2.06 bits per heavy atom. The van der Waals surface area contributed by atoms with Crippen molar-refractivity contribution in [3.8, 4) is 0 Å². The van der Waals surface area contributed by atoms with E-state index in [9.17, 15) is 13.2 Å². The van der Waals surface area contributed by atoms with Crippen molar-refractivity contribution < 1.29 is 22.7 Å². The van der Waals surface area contributed by atoms with Gasteiger partial charge in [-0.3, -0.25) is 4.79 Å². The molecule has 8 nitrogen and oxygen atoms in total. The zero-order valence-electron chi connectivity index (χ0n) is 19.9. The Labute approximate surface area is 213 Å². The summed E-state index contributed by atoms with van der Waals surface area (Å²) in [6, 6.07) is 9.60. The number of aromatic nitrogens is 1. The van der Waals surface area contributed by atoms with E-state index in [1.54, 1.807) is 14.2 Å². The molecular weight excluding hydrogens is 510 g/mol. The number of hydrogen-bond donors (Lipinski definition) is 0. The highest BCUT2D eigenvalue weighted by Crippen LogP contribution is 2.26. The molecule has 1 aliphatic heterocycles. The number of amides is 1. The lowest BCUT2D eigenvalue weighted by molar-refractivity contribution is 0.0979. The highest BCUT2D eigenvalue weighted by molar-refractivity contribution is 7.89. The molecule has 1 atom stereocenters. The number of rotatable bonds is 8. The van der Waals surface area contributed by atoms with Crippen LogP contribution in [0.3, 0.4) is 0 Å². The maximum atomic E-state index is 13.0. The number of halogens is 1. The minimum Gasteiger partial charge on any atom is -0.383 e. The Morgan fingerprint density at radius 3 is 2.71 bits per heavy atom. The SMILES string of the molecule is COCCn1c(=NC(=O)c2ccc(S(=O)(=O)N(C)CC3CCCO3)cc2)sc2cc(Cl)cc(C)c21. The van der Waals surface area contributed by atoms with Crippen molar-refractivity contribution >= 4 is 49.1 Å². The van der Waals surface area contributed by atoms with E-state index in [1.807, 2.05) is 23.6 Å². The molecule has 2 aromatic carbocycles. The summed E-state index contributed by atoms with van der Waals surface area (Å²) in [7, 11) is -0.527. The van der Waals surface area contributed by atoms with Crippen molar-refractivity contribution in [2.24, 2.45) is 4.99 Å². The maximum Gasteiger partial charge on any atom is 0.279 e. The van der Waals surface area contributed by atoms with Crippen LogP contribution in [-0.4, -0.2) is 63.2 Å². The summed E-state index contributed by atoms with van der Waals surface area (Å²) < 4.78 is 40.8. The number of fused-ring (bicyclic) bond motifs is 1. The molecule has 1 aromatic heterocycles. The van der Waals surface area contributed by atoms with Crippen LogP contribution in [0.4, 0.5) is 0 Å². The standard InChI is InChI=1S/C24H28ClN3O5S2/c1-16-13-18(25)14-21-22(16)28(10-12-32-3)24(34-21)26-23(29)17-6-8-20(9-7-17)35(30,31)27(2)15-19-5-4-11-33-19/h6-9,13-14,19H,4-5,10-12,15H2,1-3H3. The molecule has 0 N–H and O–H groups in total. The molecular formula is C24H28ClN3O5S2. The first kappa shape index (κ1) is 26.0. The van der Waals surface area contributed by atoms with Crippen LogP contribution < -0.4 is 4.80 Å². The summed E-state index contributed by atoms with van der Waals surface area (Å²) >= 11 is 7.60. The van der Waals surface area contributed by atoms with E-state index >= 15 is 0 Å². The number of methoxy groups -OCH3 is 1. The molecule has 0 radical (unpaired) electrons. The van der Waals surface area contributed by atoms with Crippen LogP contribution in [0.1, 0.15) is 28.8 Å². The molecule has 1 fully saturated rings. The summed E-state index contributed by atoms with van der Waals surface area (Å²) in [6.45, 7) is 3.91. The summed E-state index contributed by atoms with van der Waals surface area (Å²) in [4.78, 5) is 18.0. The van der Waals surface area contributed by atoms with Crippen LogP contribution in [0.5, 0.6) is 0 Å². The fraction of sp³-hybridized carbons (Fsp3) is 0.417. The van der Waals surface area contributed by atoms with Crippen molar-refractivity contribution in [1.82, 2.24) is 8.87 Å². The quantitative estimate of drug-likeness (QED) is 0.435. The number of carbonyl (C=O) groups excluding carboxylic acids is 1. The summed E-state index contributed by atoms with van der Waals surface area (Å²) in [6.07, 6.45) is 1.71. The molecule has 4 rings (SSSR count). The minimum absolute atomic E-state index is 0.0842. The zero-order valence-corrected chi connectivity index (χ0v) is 22.3. The molecule has 3 aromatic rings. The van der Waals surface area contributed by atoms with Crippen LogP contribution in [-0.2, 0) is 26.0 Å². The Hall–Kier alpha value is -2.08. The third kappa shape index (κ3) is 5.68. The highest BCUT2D eigenvalue weighted by Gasteiger charge is 2.26. The lowest BCUT2D eigenvalue weighted by Gasteiger charge is -2.20. The molecule has 2 heterocycles. The largest absolute Gasteiger partial charge is 0.383 e. The van der Waals surface area contributed by atoms with Gasteiger partial charge in [0.05, 0.1) is 27.8 Å². The third-order valence-electron chi connectivity index (χ3n) is 5.94. The van der Waals surface area contributed by atoms with Gasteiger partial charge in [0.1, 0.15) is 0 Å². The Kier molecular flexibility index (Phi) is 8.09. The third-order valence-corrected chi connectivity index (χ3v) is 9.02. The van der Waals surface area contributed by atoms with Crippen molar-refractivity contribution in [1.29, 1.82) is 0 Å².